The van der Waals surface area contributed by atoms with Gasteiger partial charge in [0.25, 0.3) is 5.69 Å². The SMILES string of the molecule is O=CC1NC(c2ccccc2)Nc2ccc([N+](=O)[O-])cc21. The molecule has 0 fully saturated rings. The quantitative estimate of drug-likeness (QED) is 0.514. The molecule has 2 aromatic rings. The Morgan fingerprint density at radius 3 is 2.57 bits per heavy atom. The summed E-state index contributed by atoms with van der Waals surface area (Å²) >= 11 is 0. The Morgan fingerprint density at radius 1 is 1.14 bits per heavy atom. The highest BCUT2D eigenvalue weighted by Gasteiger charge is 2.27. The van der Waals surface area contributed by atoms with E-state index in [1.165, 1.54) is 12.1 Å². The molecule has 0 spiro atoms. The van der Waals surface area contributed by atoms with E-state index in [0.717, 1.165) is 17.5 Å². The number of hydrogen-bond donors (Lipinski definition) is 2. The topological polar surface area (TPSA) is 84.3 Å². The number of non-ortho nitro benzene ring substituents is 1. The summed E-state index contributed by atoms with van der Waals surface area (Å²) < 4.78 is 0. The van der Waals surface area contributed by atoms with Crippen LogP contribution in [0.4, 0.5) is 11.4 Å². The third-order valence-electron chi connectivity index (χ3n) is 3.50. The highest BCUT2D eigenvalue weighted by Crippen LogP contribution is 2.34. The minimum atomic E-state index is -0.577. The lowest BCUT2D eigenvalue weighted by atomic mass is 9.99. The van der Waals surface area contributed by atoms with Crippen LogP contribution < -0.4 is 10.6 Å². The lowest BCUT2D eigenvalue weighted by Crippen LogP contribution is -2.37. The molecule has 0 radical (unpaired) electrons. The van der Waals surface area contributed by atoms with Crippen LogP contribution in [0.3, 0.4) is 0 Å². The van der Waals surface area contributed by atoms with Crippen LogP contribution in [0.1, 0.15) is 23.3 Å². The van der Waals surface area contributed by atoms with E-state index in [9.17, 15) is 14.9 Å². The maximum atomic E-state index is 11.3. The van der Waals surface area contributed by atoms with Gasteiger partial charge in [-0.2, -0.15) is 0 Å². The van der Waals surface area contributed by atoms with Crippen LogP contribution in [0.2, 0.25) is 0 Å². The van der Waals surface area contributed by atoms with E-state index in [-0.39, 0.29) is 11.9 Å². The number of aldehydes is 1. The monoisotopic (exact) mass is 283 g/mol. The largest absolute Gasteiger partial charge is 0.366 e. The normalized spacial score (nSPS) is 20.2. The summed E-state index contributed by atoms with van der Waals surface area (Å²) in [6, 6.07) is 13.6. The fourth-order valence-corrected chi connectivity index (χ4v) is 2.46. The van der Waals surface area contributed by atoms with Crippen molar-refractivity contribution in [3.05, 3.63) is 69.8 Å². The molecule has 0 aromatic heterocycles. The third-order valence-corrected chi connectivity index (χ3v) is 3.50. The highest BCUT2D eigenvalue weighted by molar-refractivity contribution is 5.71. The molecule has 1 aliphatic rings. The molecule has 1 aliphatic heterocycles. The second kappa shape index (κ2) is 5.34. The number of nitro benzene ring substituents is 1. The van der Waals surface area contributed by atoms with Crippen LogP contribution in [-0.2, 0) is 4.79 Å². The lowest BCUT2D eigenvalue weighted by Gasteiger charge is -2.32. The molecule has 106 valence electrons. The van der Waals surface area contributed by atoms with Crippen molar-refractivity contribution in [3.63, 3.8) is 0 Å². The molecule has 2 atom stereocenters. The highest BCUT2D eigenvalue weighted by atomic mass is 16.6. The number of fused-ring (bicyclic) bond motifs is 1. The first-order valence-corrected chi connectivity index (χ1v) is 6.50. The Kier molecular flexibility index (Phi) is 3.37. The van der Waals surface area contributed by atoms with E-state index in [1.54, 1.807) is 6.07 Å². The first-order valence-electron chi connectivity index (χ1n) is 6.50. The number of nitrogens with one attached hydrogen (secondary N) is 2. The van der Waals surface area contributed by atoms with Crippen molar-refractivity contribution in [1.29, 1.82) is 0 Å². The van der Waals surface area contributed by atoms with Gasteiger partial charge >= 0.3 is 0 Å². The van der Waals surface area contributed by atoms with Gasteiger partial charge in [-0.1, -0.05) is 30.3 Å². The van der Waals surface area contributed by atoms with Crippen molar-refractivity contribution < 1.29 is 9.72 Å². The number of benzene rings is 2. The van der Waals surface area contributed by atoms with Gasteiger partial charge in [-0.15, -0.1) is 0 Å². The van der Waals surface area contributed by atoms with E-state index < -0.39 is 11.0 Å². The van der Waals surface area contributed by atoms with Crippen LogP contribution in [0.25, 0.3) is 0 Å². The second-order valence-corrected chi connectivity index (χ2v) is 4.80. The zero-order valence-electron chi connectivity index (χ0n) is 11.0. The Hall–Kier alpha value is -2.73. The van der Waals surface area contributed by atoms with Crippen molar-refractivity contribution in [2.75, 3.05) is 5.32 Å². The zero-order chi connectivity index (χ0) is 14.8. The standard InChI is InChI=1S/C15H13N3O3/c19-9-14-12-8-11(18(20)21)6-7-13(12)16-15(17-14)10-4-2-1-3-5-10/h1-9,14-17H. The fourth-order valence-electron chi connectivity index (χ4n) is 2.46. The molecule has 3 rings (SSSR count). The molecule has 2 N–H and O–H groups in total. The van der Waals surface area contributed by atoms with Crippen molar-refractivity contribution in [1.82, 2.24) is 5.32 Å². The molecule has 0 saturated heterocycles. The maximum Gasteiger partial charge on any atom is 0.269 e. The number of hydrogen-bond acceptors (Lipinski definition) is 5. The third kappa shape index (κ3) is 2.48. The van der Waals surface area contributed by atoms with Gasteiger partial charge in [-0.05, 0) is 11.6 Å². The first kappa shape index (κ1) is 13.3. The molecule has 0 bridgehead atoms. The predicted octanol–water partition coefficient (Wildman–Crippen LogP) is 2.55. The molecular formula is C15H13N3O3. The summed E-state index contributed by atoms with van der Waals surface area (Å²) in [4.78, 5) is 21.7. The Balaban J connectivity index is 1.99. The molecule has 6 heteroatoms. The number of nitrogens with zero attached hydrogens (tertiary/aromatic N) is 1. The van der Waals surface area contributed by atoms with Crippen LogP contribution in [0.15, 0.2) is 48.5 Å². The van der Waals surface area contributed by atoms with Crippen LogP contribution in [-0.4, -0.2) is 11.2 Å². The van der Waals surface area contributed by atoms with Gasteiger partial charge in [0.2, 0.25) is 0 Å². The van der Waals surface area contributed by atoms with Gasteiger partial charge < -0.3 is 10.1 Å². The van der Waals surface area contributed by atoms with E-state index in [1.807, 2.05) is 30.3 Å². The summed E-state index contributed by atoms with van der Waals surface area (Å²) in [5, 5.41) is 17.2. The Bertz CT molecular complexity index is 688. The summed E-state index contributed by atoms with van der Waals surface area (Å²) in [5.41, 5.74) is 2.28. The number of carbonyl (C=O) groups is 1. The van der Waals surface area contributed by atoms with Gasteiger partial charge in [-0.25, -0.2) is 0 Å². The minimum absolute atomic E-state index is 0.0256. The van der Waals surface area contributed by atoms with Crippen LogP contribution >= 0.6 is 0 Å². The number of carbonyl (C=O) groups excluding carboxylic acids is 1. The molecule has 0 amide bonds. The number of rotatable bonds is 3. The average Bonchev–Trinajstić information content (AvgIpc) is 2.54. The fraction of sp³-hybridized carbons (Fsp3) is 0.133. The smallest absolute Gasteiger partial charge is 0.269 e. The van der Waals surface area contributed by atoms with Crippen molar-refractivity contribution in [3.8, 4) is 0 Å². The molecule has 21 heavy (non-hydrogen) atoms. The van der Waals surface area contributed by atoms with Gasteiger partial charge in [-0.3, -0.25) is 15.4 Å². The molecule has 0 aliphatic carbocycles. The molecule has 2 unspecified atom stereocenters. The van der Waals surface area contributed by atoms with Crippen molar-refractivity contribution in [2.24, 2.45) is 0 Å². The van der Waals surface area contributed by atoms with E-state index in [4.69, 9.17) is 0 Å². The van der Waals surface area contributed by atoms with Crippen molar-refractivity contribution in [2.45, 2.75) is 12.2 Å². The van der Waals surface area contributed by atoms with Crippen LogP contribution in [0.5, 0.6) is 0 Å². The average molecular weight is 283 g/mol. The number of anilines is 1. The summed E-state index contributed by atoms with van der Waals surface area (Å²) in [6.07, 6.45) is 0.551. The first-order chi connectivity index (χ1) is 10.2. The van der Waals surface area contributed by atoms with Gasteiger partial charge in [0.05, 0.1) is 11.0 Å². The summed E-state index contributed by atoms with van der Waals surface area (Å²) in [7, 11) is 0. The second-order valence-electron chi connectivity index (χ2n) is 4.80. The molecule has 0 saturated carbocycles. The maximum absolute atomic E-state index is 11.3. The van der Waals surface area contributed by atoms with E-state index >= 15 is 0 Å². The lowest BCUT2D eigenvalue weighted by molar-refractivity contribution is -0.384. The molecular weight excluding hydrogens is 270 g/mol. The zero-order valence-corrected chi connectivity index (χ0v) is 11.0. The predicted molar refractivity (Wildman–Crippen MR) is 77.8 cm³/mol. The van der Waals surface area contributed by atoms with Gasteiger partial charge in [0, 0.05) is 23.4 Å². The van der Waals surface area contributed by atoms with Crippen LogP contribution in [0, 0.1) is 10.1 Å². The van der Waals surface area contributed by atoms with Gasteiger partial charge in [0.15, 0.2) is 0 Å². The molecule has 1 heterocycles. The summed E-state index contributed by atoms with van der Waals surface area (Å²) in [5.74, 6) is 0. The molecule has 6 nitrogen and oxygen atoms in total. The summed E-state index contributed by atoms with van der Waals surface area (Å²) in [6.45, 7) is 0. The Morgan fingerprint density at radius 2 is 1.90 bits per heavy atom. The van der Waals surface area contributed by atoms with E-state index in [2.05, 4.69) is 10.6 Å². The molecule has 2 aromatic carbocycles. The number of nitro groups is 1. The minimum Gasteiger partial charge on any atom is -0.366 e. The van der Waals surface area contributed by atoms with Gasteiger partial charge in [0.1, 0.15) is 12.5 Å². The Labute approximate surface area is 120 Å². The van der Waals surface area contributed by atoms with E-state index in [0.29, 0.717) is 5.56 Å². The van der Waals surface area contributed by atoms with Crippen molar-refractivity contribution >= 4 is 17.7 Å².